The molecule has 0 bridgehead atoms. The van der Waals surface area contributed by atoms with Gasteiger partial charge in [-0.3, -0.25) is 9.59 Å². The maximum absolute atomic E-state index is 13.5. The number of nitrogens with zero attached hydrogens (tertiary/aromatic N) is 1. The van der Waals surface area contributed by atoms with E-state index in [1.54, 1.807) is 34.5 Å². The zero-order valence-electron chi connectivity index (χ0n) is 18.0. The second kappa shape index (κ2) is 9.31. The third-order valence-corrected chi connectivity index (χ3v) is 7.70. The standard InChI is InChI=1S/C24H30N2O2S2/c1-6-12-26(13-7-2)23(28)20-17-11-10-16(24(3,4)5)15-19(17)30-22(20)25-21(27)18-9-8-14-29-18/h6-9,14,16H,1-2,10-13,15H2,3-5H3,(H,25,27)/t16-/m1/s1. The van der Waals surface area contributed by atoms with E-state index >= 15 is 0 Å². The minimum Gasteiger partial charge on any atom is -0.331 e. The van der Waals surface area contributed by atoms with Crippen LogP contribution in [0.3, 0.4) is 0 Å². The van der Waals surface area contributed by atoms with Gasteiger partial charge in [0.15, 0.2) is 0 Å². The zero-order valence-corrected chi connectivity index (χ0v) is 19.6. The van der Waals surface area contributed by atoms with E-state index < -0.39 is 0 Å². The van der Waals surface area contributed by atoms with Crippen molar-refractivity contribution in [3.63, 3.8) is 0 Å². The molecule has 2 aromatic heterocycles. The van der Waals surface area contributed by atoms with Crippen molar-refractivity contribution in [3.8, 4) is 0 Å². The fourth-order valence-electron chi connectivity index (χ4n) is 3.92. The van der Waals surface area contributed by atoms with Crippen LogP contribution in [0.4, 0.5) is 5.00 Å². The lowest BCUT2D eigenvalue weighted by Crippen LogP contribution is -2.33. The van der Waals surface area contributed by atoms with Crippen molar-refractivity contribution >= 4 is 39.5 Å². The molecule has 30 heavy (non-hydrogen) atoms. The number of thiophene rings is 2. The third kappa shape index (κ3) is 4.76. The molecular formula is C24H30N2O2S2. The first-order chi connectivity index (χ1) is 14.3. The van der Waals surface area contributed by atoms with Gasteiger partial charge in [0.2, 0.25) is 0 Å². The Bertz CT molecular complexity index is 925. The summed E-state index contributed by atoms with van der Waals surface area (Å²) in [6, 6.07) is 3.65. The van der Waals surface area contributed by atoms with Gasteiger partial charge in [-0.2, -0.15) is 0 Å². The van der Waals surface area contributed by atoms with E-state index in [4.69, 9.17) is 0 Å². The van der Waals surface area contributed by atoms with E-state index in [1.807, 2.05) is 11.4 Å². The number of hydrogen-bond acceptors (Lipinski definition) is 4. The Labute approximate surface area is 187 Å². The topological polar surface area (TPSA) is 49.4 Å². The number of rotatable bonds is 7. The number of hydrogen-bond donors (Lipinski definition) is 1. The molecule has 3 rings (SSSR count). The van der Waals surface area contributed by atoms with E-state index in [0.717, 1.165) is 24.8 Å². The van der Waals surface area contributed by atoms with Crippen molar-refractivity contribution in [1.82, 2.24) is 4.90 Å². The summed E-state index contributed by atoms with van der Waals surface area (Å²) in [5, 5.41) is 5.58. The molecule has 1 aliphatic rings. The highest BCUT2D eigenvalue weighted by molar-refractivity contribution is 7.17. The van der Waals surface area contributed by atoms with Crippen molar-refractivity contribution in [2.24, 2.45) is 11.3 Å². The van der Waals surface area contributed by atoms with Gasteiger partial charge in [0.25, 0.3) is 11.8 Å². The van der Waals surface area contributed by atoms with Gasteiger partial charge < -0.3 is 10.2 Å². The van der Waals surface area contributed by atoms with Crippen LogP contribution in [0.15, 0.2) is 42.8 Å². The largest absolute Gasteiger partial charge is 0.331 e. The van der Waals surface area contributed by atoms with Crippen LogP contribution in [0.2, 0.25) is 0 Å². The predicted molar refractivity (Wildman–Crippen MR) is 128 cm³/mol. The normalized spacial score (nSPS) is 15.9. The molecule has 1 aliphatic carbocycles. The molecule has 160 valence electrons. The van der Waals surface area contributed by atoms with Gasteiger partial charge in [-0.25, -0.2) is 0 Å². The van der Waals surface area contributed by atoms with Crippen molar-refractivity contribution in [2.75, 3.05) is 18.4 Å². The highest BCUT2D eigenvalue weighted by Crippen LogP contribution is 2.44. The minimum atomic E-state index is -0.163. The molecule has 0 saturated carbocycles. The molecule has 1 atom stereocenters. The van der Waals surface area contributed by atoms with Gasteiger partial charge in [-0.1, -0.05) is 39.0 Å². The molecule has 4 nitrogen and oxygen atoms in total. The summed E-state index contributed by atoms with van der Waals surface area (Å²) in [5.74, 6) is 0.330. The maximum Gasteiger partial charge on any atom is 0.266 e. The number of carbonyl (C=O) groups excluding carboxylic acids is 2. The number of amides is 2. The van der Waals surface area contributed by atoms with Crippen LogP contribution >= 0.6 is 22.7 Å². The van der Waals surface area contributed by atoms with Gasteiger partial charge in [0.05, 0.1) is 10.4 Å². The van der Waals surface area contributed by atoms with Crippen molar-refractivity contribution < 1.29 is 9.59 Å². The fraction of sp³-hybridized carbons (Fsp3) is 0.417. The first-order valence-corrected chi connectivity index (χ1v) is 12.0. The molecular weight excluding hydrogens is 412 g/mol. The van der Waals surface area contributed by atoms with Crippen LogP contribution in [0.25, 0.3) is 0 Å². The van der Waals surface area contributed by atoms with Crippen LogP contribution < -0.4 is 5.32 Å². The molecule has 2 heterocycles. The molecule has 0 radical (unpaired) electrons. The molecule has 0 aromatic carbocycles. The summed E-state index contributed by atoms with van der Waals surface area (Å²) < 4.78 is 0. The summed E-state index contributed by atoms with van der Waals surface area (Å²) in [6.07, 6.45) is 6.30. The Morgan fingerprint density at radius 3 is 2.53 bits per heavy atom. The Hall–Kier alpha value is -2.18. The first-order valence-electron chi connectivity index (χ1n) is 10.3. The Balaban J connectivity index is 2.01. The smallest absolute Gasteiger partial charge is 0.266 e. The van der Waals surface area contributed by atoms with Crippen molar-refractivity contribution in [3.05, 3.63) is 63.7 Å². The number of fused-ring (bicyclic) bond motifs is 1. The van der Waals surface area contributed by atoms with Crippen LogP contribution in [0.5, 0.6) is 0 Å². The van der Waals surface area contributed by atoms with Crippen LogP contribution in [-0.4, -0.2) is 29.8 Å². The van der Waals surface area contributed by atoms with E-state index in [2.05, 4.69) is 39.2 Å². The van der Waals surface area contributed by atoms with E-state index in [9.17, 15) is 9.59 Å². The summed E-state index contributed by atoms with van der Waals surface area (Å²) in [7, 11) is 0. The third-order valence-electron chi connectivity index (χ3n) is 5.66. The summed E-state index contributed by atoms with van der Waals surface area (Å²) in [6.45, 7) is 15.3. The number of nitrogens with one attached hydrogen (secondary N) is 1. The molecule has 0 spiro atoms. The van der Waals surface area contributed by atoms with Gasteiger partial charge in [-0.15, -0.1) is 35.8 Å². The highest BCUT2D eigenvalue weighted by atomic mass is 32.1. The summed E-state index contributed by atoms with van der Waals surface area (Å²) in [4.78, 5) is 29.9. The maximum atomic E-state index is 13.5. The second-order valence-corrected chi connectivity index (χ2v) is 10.8. The van der Waals surface area contributed by atoms with Crippen LogP contribution in [-0.2, 0) is 12.8 Å². The first kappa shape index (κ1) is 22.5. The Kier molecular flexibility index (Phi) is 6.98. The van der Waals surface area contributed by atoms with E-state index in [1.165, 1.54) is 16.2 Å². The molecule has 0 saturated heterocycles. The molecule has 2 aromatic rings. The van der Waals surface area contributed by atoms with Crippen LogP contribution in [0.1, 0.15) is 57.7 Å². The van der Waals surface area contributed by atoms with Gasteiger partial charge in [0.1, 0.15) is 5.00 Å². The Morgan fingerprint density at radius 2 is 1.97 bits per heavy atom. The second-order valence-electron chi connectivity index (χ2n) is 8.73. The monoisotopic (exact) mass is 442 g/mol. The lowest BCUT2D eigenvalue weighted by molar-refractivity contribution is 0.0790. The quantitative estimate of drug-likeness (QED) is 0.533. The average molecular weight is 443 g/mol. The number of anilines is 1. The van der Waals surface area contributed by atoms with Gasteiger partial charge >= 0.3 is 0 Å². The molecule has 0 fully saturated rings. The lowest BCUT2D eigenvalue weighted by Gasteiger charge is -2.34. The molecule has 0 unspecified atom stereocenters. The molecule has 6 heteroatoms. The van der Waals surface area contributed by atoms with Gasteiger partial charge in [0, 0.05) is 18.0 Å². The predicted octanol–water partition coefficient (Wildman–Crippen LogP) is 6.03. The van der Waals surface area contributed by atoms with Crippen molar-refractivity contribution in [2.45, 2.75) is 40.0 Å². The van der Waals surface area contributed by atoms with Crippen molar-refractivity contribution in [1.29, 1.82) is 0 Å². The number of carbonyl (C=O) groups is 2. The summed E-state index contributed by atoms with van der Waals surface area (Å²) >= 11 is 2.96. The lowest BCUT2D eigenvalue weighted by atomic mass is 9.72. The molecule has 2 amide bonds. The average Bonchev–Trinajstić information content (AvgIpc) is 3.34. The molecule has 1 N–H and O–H groups in total. The fourth-order valence-corrected chi connectivity index (χ4v) is 5.86. The zero-order chi connectivity index (χ0) is 21.9. The molecule has 0 aliphatic heterocycles. The van der Waals surface area contributed by atoms with E-state index in [0.29, 0.717) is 34.4 Å². The SMILES string of the molecule is C=CCN(CC=C)C(=O)c1c(NC(=O)c2cccs2)sc2c1CC[C@@H](C(C)(C)C)C2. The summed E-state index contributed by atoms with van der Waals surface area (Å²) in [5.41, 5.74) is 1.96. The minimum absolute atomic E-state index is 0.0667. The van der Waals surface area contributed by atoms with Crippen LogP contribution in [0, 0.1) is 11.3 Å². The van der Waals surface area contributed by atoms with E-state index in [-0.39, 0.29) is 17.2 Å². The highest BCUT2D eigenvalue weighted by Gasteiger charge is 2.35. The Morgan fingerprint density at radius 1 is 1.27 bits per heavy atom. The van der Waals surface area contributed by atoms with Gasteiger partial charge in [-0.05, 0) is 47.6 Å².